The fourth-order valence-electron chi connectivity index (χ4n) is 0.968. The van der Waals surface area contributed by atoms with Gasteiger partial charge in [0.2, 0.25) is 0 Å². The van der Waals surface area contributed by atoms with Gasteiger partial charge in [0.25, 0.3) is 0 Å². The number of hydrogen-bond acceptors (Lipinski definition) is 2. The van der Waals surface area contributed by atoms with Gasteiger partial charge in [-0.2, -0.15) is 5.10 Å². The fraction of sp³-hybridized carbons (Fsp3) is 0.143. The van der Waals surface area contributed by atoms with Crippen molar-refractivity contribution in [1.82, 2.24) is 14.6 Å². The Balaban J connectivity index is 2.82. The van der Waals surface area contributed by atoms with E-state index in [1.807, 2.05) is 25.3 Å². The van der Waals surface area contributed by atoms with E-state index in [-0.39, 0.29) is 0 Å². The number of nitrogens with zero attached hydrogens (tertiary/aromatic N) is 3. The summed E-state index contributed by atoms with van der Waals surface area (Å²) in [5.74, 6) is 0.812. The summed E-state index contributed by atoms with van der Waals surface area (Å²) in [6.45, 7) is 1.89. The van der Waals surface area contributed by atoms with Gasteiger partial charge < -0.3 is 0 Å². The Morgan fingerprint density at radius 2 is 2.36 bits per heavy atom. The Bertz CT molecular complexity index is 393. The quantitative estimate of drug-likeness (QED) is 0.673. The first kappa shape index (κ1) is 7.02. The number of fused-ring (bicyclic) bond motifs is 1. The lowest BCUT2D eigenvalue weighted by Gasteiger charge is -1.89. The molecular weight excluding hydrogens is 253 g/mol. The van der Waals surface area contributed by atoms with Gasteiger partial charge in [-0.1, -0.05) is 0 Å². The maximum absolute atomic E-state index is 4.22. The molecule has 0 aliphatic carbocycles. The molecule has 0 unspecified atom stereocenters. The van der Waals surface area contributed by atoms with Gasteiger partial charge in [-0.05, 0) is 41.6 Å². The number of hydrogen-bond donors (Lipinski definition) is 0. The molecule has 0 amide bonds. The average Bonchev–Trinajstić information content (AvgIpc) is 2.27. The van der Waals surface area contributed by atoms with E-state index in [4.69, 9.17) is 0 Å². The number of aromatic nitrogens is 3. The third-order valence-electron chi connectivity index (χ3n) is 1.41. The van der Waals surface area contributed by atoms with Crippen LogP contribution in [0.4, 0.5) is 0 Å². The van der Waals surface area contributed by atoms with Crippen molar-refractivity contribution in [2.45, 2.75) is 6.92 Å². The van der Waals surface area contributed by atoms with E-state index in [0.29, 0.717) is 0 Å². The van der Waals surface area contributed by atoms with Crippen molar-refractivity contribution in [2.75, 3.05) is 0 Å². The summed E-state index contributed by atoms with van der Waals surface area (Å²) in [6.07, 6.45) is 1.91. The van der Waals surface area contributed by atoms with Crippen molar-refractivity contribution in [3.8, 4) is 0 Å². The van der Waals surface area contributed by atoms with E-state index < -0.39 is 0 Å². The summed E-state index contributed by atoms with van der Waals surface area (Å²) < 4.78 is 2.96. The molecular formula is C7H6IN3. The van der Waals surface area contributed by atoms with E-state index in [9.17, 15) is 0 Å². The zero-order chi connectivity index (χ0) is 7.84. The van der Waals surface area contributed by atoms with E-state index in [0.717, 1.165) is 11.5 Å². The molecule has 0 N–H and O–H groups in total. The maximum Gasteiger partial charge on any atom is 0.156 e. The van der Waals surface area contributed by atoms with E-state index in [1.54, 1.807) is 4.52 Å². The fourth-order valence-corrected chi connectivity index (χ4v) is 1.41. The van der Waals surface area contributed by atoms with Crippen LogP contribution in [0.15, 0.2) is 18.3 Å². The summed E-state index contributed by atoms with van der Waals surface area (Å²) in [5.41, 5.74) is 0.911. The predicted octanol–water partition coefficient (Wildman–Crippen LogP) is 1.64. The summed E-state index contributed by atoms with van der Waals surface area (Å²) >= 11 is 2.26. The van der Waals surface area contributed by atoms with Crippen LogP contribution in [0.2, 0.25) is 0 Å². The van der Waals surface area contributed by atoms with Crippen molar-refractivity contribution < 1.29 is 0 Å². The zero-order valence-corrected chi connectivity index (χ0v) is 8.11. The lowest BCUT2D eigenvalue weighted by molar-refractivity contribution is 0.929. The van der Waals surface area contributed by atoms with Gasteiger partial charge in [0.1, 0.15) is 5.82 Å². The molecule has 2 aromatic rings. The van der Waals surface area contributed by atoms with E-state index >= 15 is 0 Å². The molecule has 0 saturated heterocycles. The molecule has 0 fully saturated rings. The largest absolute Gasteiger partial charge is 0.221 e. The molecule has 2 rings (SSSR count). The van der Waals surface area contributed by atoms with Crippen molar-refractivity contribution >= 4 is 28.2 Å². The Hall–Kier alpha value is -0.650. The molecule has 0 spiro atoms. The van der Waals surface area contributed by atoms with Gasteiger partial charge in [-0.25, -0.2) is 9.50 Å². The van der Waals surface area contributed by atoms with Gasteiger partial charge in [0.15, 0.2) is 5.65 Å². The SMILES string of the molecule is Cc1nc2cc(I)ccn2n1. The standard InChI is InChI=1S/C7H6IN3/c1-5-9-7-4-6(8)2-3-11(7)10-5/h2-4H,1H3. The molecule has 0 atom stereocenters. The molecule has 4 heteroatoms. The molecule has 0 aliphatic heterocycles. The lowest BCUT2D eigenvalue weighted by atomic mass is 10.5. The molecule has 0 bridgehead atoms. The van der Waals surface area contributed by atoms with Crippen LogP contribution in [0.5, 0.6) is 0 Å². The van der Waals surface area contributed by atoms with Crippen LogP contribution in [0.3, 0.4) is 0 Å². The molecule has 11 heavy (non-hydrogen) atoms. The highest BCUT2D eigenvalue weighted by atomic mass is 127. The second-order valence-electron chi connectivity index (χ2n) is 2.31. The number of pyridine rings is 1. The Labute approximate surface area is 77.6 Å². The maximum atomic E-state index is 4.22. The zero-order valence-electron chi connectivity index (χ0n) is 5.95. The predicted molar refractivity (Wildman–Crippen MR) is 50.4 cm³/mol. The number of halogens is 1. The van der Waals surface area contributed by atoms with Crippen molar-refractivity contribution in [3.63, 3.8) is 0 Å². The van der Waals surface area contributed by atoms with Crippen molar-refractivity contribution in [1.29, 1.82) is 0 Å². The van der Waals surface area contributed by atoms with Crippen LogP contribution in [-0.4, -0.2) is 14.6 Å². The smallest absolute Gasteiger partial charge is 0.156 e. The normalized spacial score (nSPS) is 10.7. The molecule has 56 valence electrons. The molecule has 2 heterocycles. The Morgan fingerprint density at radius 1 is 1.55 bits per heavy atom. The van der Waals surface area contributed by atoms with Gasteiger partial charge in [-0.3, -0.25) is 0 Å². The minimum Gasteiger partial charge on any atom is -0.221 e. The first-order valence-electron chi connectivity index (χ1n) is 3.24. The monoisotopic (exact) mass is 259 g/mol. The Kier molecular flexibility index (Phi) is 1.56. The highest BCUT2D eigenvalue weighted by Crippen LogP contribution is 2.06. The molecule has 3 nitrogen and oxygen atoms in total. The third kappa shape index (κ3) is 1.22. The second-order valence-corrected chi connectivity index (χ2v) is 3.55. The molecule has 2 aromatic heterocycles. The van der Waals surface area contributed by atoms with Gasteiger partial charge in [-0.15, -0.1) is 0 Å². The molecule has 0 saturated carbocycles. The van der Waals surface area contributed by atoms with E-state index in [2.05, 4.69) is 32.7 Å². The van der Waals surface area contributed by atoms with Crippen LogP contribution >= 0.6 is 22.6 Å². The summed E-state index contributed by atoms with van der Waals surface area (Å²) in [5, 5.41) is 4.16. The minimum atomic E-state index is 0.812. The van der Waals surface area contributed by atoms with E-state index in [1.165, 1.54) is 3.57 Å². The topological polar surface area (TPSA) is 30.2 Å². The second kappa shape index (κ2) is 2.44. The first-order valence-corrected chi connectivity index (χ1v) is 4.32. The molecule has 0 aromatic carbocycles. The van der Waals surface area contributed by atoms with Crippen molar-refractivity contribution in [2.24, 2.45) is 0 Å². The lowest BCUT2D eigenvalue weighted by Crippen LogP contribution is -1.85. The molecule has 0 radical (unpaired) electrons. The van der Waals surface area contributed by atoms with Crippen LogP contribution in [0.1, 0.15) is 5.82 Å². The van der Waals surface area contributed by atoms with Crippen LogP contribution in [-0.2, 0) is 0 Å². The summed E-state index contributed by atoms with van der Waals surface area (Å²) in [4.78, 5) is 4.22. The third-order valence-corrected chi connectivity index (χ3v) is 2.08. The van der Waals surface area contributed by atoms with Gasteiger partial charge >= 0.3 is 0 Å². The summed E-state index contributed by atoms with van der Waals surface area (Å²) in [6, 6.07) is 4.00. The average molecular weight is 259 g/mol. The van der Waals surface area contributed by atoms with Gasteiger partial charge in [0.05, 0.1) is 0 Å². The van der Waals surface area contributed by atoms with Gasteiger partial charge in [0, 0.05) is 9.77 Å². The van der Waals surface area contributed by atoms with Crippen molar-refractivity contribution in [3.05, 3.63) is 27.7 Å². The van der Waals surface area contributed by atoms with Crippen LogP contribution in [0, 0.1) is 10.5 Å². The highest BCUT2D eigenvalue weighted by molar-refractivity contribution is 14.1. The van der Waals surface area contributed by atoms with Crippen LogP contribution in [0.25, 0.3) is 5.65 Å². The van der Waals surface area contributed by atoms with Crippen LogP contribution < -0.4 is 0 Å². The highest BCUT2D eigenvalue weighted by Gasteiger charge is 1.97. The Morgan fingerprint density at radius 3 is 3.18 bits per heavy atom. The molecule has 0 aliphatic rings. The summed E-state index contributed by atoms with van der Waals surface area (Å²) in [7, 11) is 0. The minimum absolute atomic E-state index is 0.812. The number of aryl methyl sites for hydroxylation is 1. The first-order chi connectivity index (χ1) is 5.25. The number of rotatable bonds is 0.